The number of anilines is 4. The van der Waals surface area contributed by atoms with Crippen LogP contribution in [0.25, 0.3) is 11.3 Å². The molecule has 1 aromatic heterocycles. The van der Waals surface area contributed by atoms with Crippen molar-refractivity contribution in [2.75, 3.05) is 54.3 Å². The fraction of sp³-hybridized carbons (Fsp3) is 0.250. The van der Waals surface area contributed by atoms with Gasteiger partial charge >= 0.3 is 0 Å². The normalized spacial score (nSPS) is 15.8. The van der Waals surface area contributed by atoms with Gasteiger partial charge in [-0.3, -0.25) is 0 Å². The molecule has 3 aromatic rings. The van der Waals surface area contributed by atoms with E-state index < -0.39 is 0 Å². The summed E-state index contributed by atoms with van der Waals surface area (Å²) in [5.74, 6) is 0.600. The van der Waals surface area contributed by atoms with Crippen LogP contribution in [-0.4, -0.2) is 54.6 Å². The van der Waals surface area contributed by atoms with Gasteiger partial charge in [0.15, 0.2) is 0 Å². The molecule has 0 bridgehead atoms. The smallest absolute Gasteiger partial charge is 0.227 e. The van der Waals surface area contributed by atoms with E-state index in [2.05, 4.69) is 96.4 Å². The molecule has 2 aliphatic rings. The second kappa shape index (κ2) is 9.13. The highest BCUT2D eigenvalue weighted by atomic mass is 79.9. The van der Waals surface area contributed by atoms with Crippen molar-refractivity contribution in [2.45, 2.75) is 4.90 Å². The standard InChI is InChI=1S/C24H25BrN6S/c1-3-10-31-21-15-17(25)4-9-20(21)23-22(32-31)16-26-24(28-23)27-18-5-7-19(8-6-18)30-13-11-29(2)12-14-30/h3-9,15-16H,1,10-14H2,2H3,(H,26,27,28). The number of nitrogens with one attached hydrogen (secondary N) is 1. The first-order valence-electron chi connectivity index (χ1n) is 10.6. The second-order valence-corrected chi connectivity index (χ2v) is 9.95. The number of fused-ring (bicyclic) bond motifs is 3. The molecule has 0 aliphatic carbocycles. The van der Waals surface area contributed by atoms with Crippen molar-refractivity contribution in [1.82, 2.24) is 14.9 Å². The predicted octanol–water partition coefficient (Wildman–Crippen LogP) is 5.41. The van der Waals surface area contributed by atoms with Crippen LogP contribution in [0.2, 0.25) is 0 Å². The van der Waals surface area contributed by atoms with Crippen molar-refractivity contribution in [3.63, 3.8) is 0 Å². The van der Waals surface area contributed by atoms with Gasteiger partial charge in [-0.25, -0.2) is 9.97 Å². The molecule has 32 heavy (non-hydrogen) atoms. The van der Waals surface area contributed by atoms with Gasteiger partial charge in [0.1, 0.15) is 0 Å². The van der Waals surface area contributed by atoms with E-state index in [0.717, 1.165) is 64.7 Å². The second-order valence-electron chi connectivity index (χ2n) is 7.97. The Hall–Kier alpha value is -2.55. The number of halogens is 1. The molecule has 6 nitrogen and oxygen atoms in total. The lowest BCUT2D eigenvalue weighted by Gasteiger charge is -2.34. The van der Waals surface area contributed by atoms with E-state index >= 15 is 0 Å². The fourth-order valence-corrected chi connectivity index (χ4v) is 5.33. The fourth-order valence-electron chi connectivity index (χ4n) is 3.97. The minimum Gasteiger partial charge on any atom is -0.369 e. The molecule has 3 heterocycles. The van der Waals surface area contributed by atoms with Crippen molar-refractivity contribution in [3.8, 4) is 11.3 Å². The van der Waals surface area contributed by atoms with E-state index in [4.69, 9.17) is 4.98 Å². The average Bonchev–Trinajstić information content (AvgIpc) is 2.81. The topological polar surface area (TPSA) is 47.5 Å². The van der Waals surface area contributed by atoms with E-state index in [1.807, 2.05) is 12.3 Å². The number of nitrogens with zero attached hydrogens (tertiary/aromatic N) is 5. The van der Waals surface area contributed by atoms with E-state index in [9.17, 15) is 0 Å². The lowest BCUT2D eigenvalue weighted by Crippen LogP contribution is -2.44. The summed E-state index contributed by atoms with van der Waals surface area (Å²) in [6.45, 7) is 8.96. The van der Waals surface area contributed by atoms with Crippen LogP contribution in [0.3, 0.4) is 0 Å². The summed E-state index contributed by atoms with van der Waals surface area (Å²) in [5, 5.41) is 3.37. The van der Waals surface area contributed by atoms with E-state index in [-0.39, 0.29) is 0 Å². The Bertz CT molecular complexity index is 1130. The summed E-state index contributed by atoms with van der Waals surface area (Å²) in [5.41, 5.74) is 5.41. The first-order valence-corrected chi connectivity index (χ1v) is 12.2. The van der Waals surface area contributed by atoms with Gasteiger partial charge in [0.25, 0.3) is 0 Å². The van der Waals surface area contributed by atoms with Crippen molar-refractivity contribution in [1.29, 1.82) is 0 Å². The summed E-state index contributed by atoms with van der Waals surface area (Å²) in [6, 6.07) is 14.8. The maximum absolute atomic E-state index is 4.87. The van der Waals surface area contributed by atoms with Crippen LogP contribution >= 0.6 is 27.9 Å². The van der Waals surface area contributed by atoms with Crippen LogP contribution in [0.15, 0.2) is 70.7 Å². The van der Waals surface area contributed by atoms with Gasteiger partial charge in [-0.15, -0.1) is 6.58 Å². The third-order valence-corrected chi connectivity index (χ3v) is 7.29. The minimum absolute atomic E-state index is 0.600. The molecule has 0 amide bonds. The van der Waals surface area contributed by atoms with Gasteiger partial charge in [-0.2, -0.15) is 0 Å². The Morgan fingerprint density at radius 2 is 1.91 bits per heavy atom. The zero-order chi connectivity index (χ0) is 22.1. The van der Waals surface area contributed by atoms with Crippen molar-refractivity contribution < 1.29 is 0 Å². The maximum atomic E-state index is 4.87. The average molecular weight is 509 g/mol. The van der Waals surface area contributed by atoms with E-state index in [0.29, 0.717) is 5.95 Å². The van der Waals surface area contributed by atoms with Gasteiger partial charge in [0, 0.05) is 60.3 Å². The number of benzene rings is 2. The molecule has 0 spiro atoms. The summed E-state index contributed by atoms with van der Waals surface area (Å²) < 4.78 is 3.25. The highest BCUT2D eigenvalue weighted by molar-refractivity contribution is 9.10. The Labute approximate surface area is 201 Å². The van der Waals surface area contributed by atoms with Crippen molar-refractivity contribution in [2.24, 2.45) is 0 Å². The van der Waals surface area contributed by atoms with Gasteiger partial charge in [-0.05, 0) is 61.5 Å². The third kappa shape index (κ3) is 4.35. The van der Waals surface area contributed by atoms with Crippen LogP contribution in [0.1, 0.15) is 0 Å². The molecule has 2 aliphatic heterocycles. The number of aromatic nitrogens is 2. The first-order chi connectivity index (χ1) is 15.6. The summed E-state index contributed by atoms with van der Waals surface area (Å²) >= 11 is 5.24. The zero-order valence-corrected chi connectivity index (χ0v) is 20.4. The number of likely N-dealkylation sites (N-methyl/N-ethyl adjacent to an activating group) is 1. The lowest BCUT2D eigenvalue weighted by molar-refractivity contribution is 0.313. The number of piperazine rings is 1. The highest BCUT2D eigenvalue weighted by Crippen LogP contribution is 2.46. The van der Waals surface area contributed by atoms with Gasteiger partial charge in [0.05, 0.1) is 16.3 Å². The molecule has 0 atom stereocenters. The molecule has 2 aromatic carbocycles. The summed E-state index contributed by atoms with van der Waals surface area (Å²) in [4.78, 5) is 15.3. The molecule has 1 N–H and O–H groups in total. The number of hydrogen-bond donors (Lipinski definition) is 1. The van der Waals surface area contributed by atoms with Crippen molar-refractivity contribution >= 4 is 50.9 Å². The maximum Gasteiger partial charge on any atom is 0.227 e. The molecular formula is C24H25BrN6S. The van der Waals surface area contributed by atoms with Gasteiger partial charge in [-0.1, -0.05) is 22.0 Å². The number of hydrogen-bond acceptors (Lipinski definition) is 7. The molecule has 0 radical (unpaired) electrons. The van der Waals surface area contributed by atoms with E-state index in [1.54, 1.807) is 11.9 Å². The Morgan fingerprint density at radius 1 is 1.12 bits per heavy atom. The number of rotatable bonds is 5. The largest absolute Gasteiger partial charge is 0.369 e. The molecule has 0 saturated carbocycles. The monoisotopic (exact) mass is 508 g/mol. The zero-order valence-electron chi connectivity index (χ0n) is 18.0. The third-order valence-electron chi connectivity index (χ3n) is 5.73. The molecule has 0 unspecified atom stereocenters. The van der Waals surface area contributed by atoms with Crippen LogP contribution in [0, 0.1) is 0 Å². The van der Waals surface area contributed by atoms with Crippen LogP contribution in [0.5, 0.6) is 0 Å². The van der Waals surface area contributed by atoms with Gasteiger partial charge in [0.2, 0.25) is 5.95 Å². The summed E-state index contributed by atoms with van der Waals surface area (Å²) in [7, 11) is 2.18. The Kier molecular flexibility index (Phi) is 6.08. The lowest BCUT2D eigenvalue weighted by atomic mass is 10.1. The van der Waals surface area contributed by atoms with Crippen molar-refractivity contribution in [3.05, 3.63) is 65.8 Å². The Balaban J connectivity index is 1.37. The quantitative estimate of drug-likeness (QED) is 0.364. The van der Waals surface area contributed by atoms with Crippen LogP contribution < -0.4 is 14.5 Å². The molecular weight excluding hydrogens is 484 g/mol. The summed E-state index contributed by atoms with van der Waals surface area (Å²) in [6.07, 6.45) is 3.81. The van der Waals surface area contributed by atoms with Crippen LogP contribution in [-0.2, 0) is 0 Å². The molecule has 164 valence electrons. The predicted molar refractivity (Wildman–Crippen MR) is 138 cm³/mol. The highest BCUT2D eigenvalue weighted by Gasteiger charge is 2.25. The first kappa shape index (κ1) is 21.3. The minimum atomic E-state index is 0.600. The molecule has 5 rings (SSSR count). The van der Waals surface area contributed by atoms with Crippen LogP contribution in [0.4, 0.5) is 23.0 Å². The van der Waals surface area contributed by atoms with Gasteiger partial charge < -0.3 is 19.4 Å². The molecule has 8 heteroatoms. The van der Waals surface area contributed by atoms with E-state index in [1.165, 1.54) is 5.69 Å². The molecule has 1 saturated heterocycles. The Morgan fingerprint density at radius 3 is 2.66 bits per heavy atom. The molecule has 1 fully saturated rings. The SMILES string of the molecule is C=CCN1Sc2cnc(Nc3ccc(N4CCN(C)CC4)cc3)nc2-c2ccc(Br)cc21.